The van der Waals surface area contributed by atoms with E-state index >= 15 is 0 Å². The number of nitrogens with two attached hydrogens (primary N) is 1. The second kappa shape index (κ2) is 8.45. The molecule has 0 aromatic heterocycles. The molecule has 5 nitrogen and oxygen atoms in total. The fourth-order valence-electron chi connectivity index (χ4n) is 2.24. The van der Waals surface area contributed by atoms with Crippen molar-refractivity contribution in [2.45, 2.75) is 26.7 Å². The van der Waals surface area contributed by atoms with Crippen LogP contribution >= 0.6 is 15.9 Å². The Labute approximate surface area is 146 Å². The summed E-state index contributed by atoms with van der Waals surface area (Å²) in [5.74, 6) is 0.347. The van der Waals surface area contributed by atoms with Gasteiger partial charge in [-0.3, -0.25) is 9.59 Å². The Morgan fingerprint density at radius 2 is 1.96 bits per heavy atom. The first-order chi connectivity index (χ1) is 10.7. The Kier molecular flexibility index (Phi) is 7.22. The smallest absolute Gasteiger partial charge is 0.222 e. The van der Waals surface area contributed by atoms with E-state index in [1.54, 1.807) is 24.1 Å². The van der Waals surface area contributed by atoms with Crippen LogP contribution in [0.1, 0.15) is 37.0 Å². The maximum atomic E-state index is 12.4. The first-order valence-electron chi connectivity index (χ1n) is 7.51. The molecule has 1 amide bonds. The topological polar surface area (TPSA) is 72.6 Å². The van der Waals surface area contributed by atoms with Gasteiger partial charge >= 0.3 is 0 Å². The molecule has 2 N–H and O–H groups in total. The number of nitrogens with zero attached hydrogens (tertiary/aromatic N) is 1. The molecular formula is C17H25BrN2O3. The summed E-state index contributed by atoms with van der Waals surface area (Å²) in [5, 5.41) is 0. The van der Waals surface area contributed by atoms with E-state index in [-0.39, 0.29) is 29.9 Å². The van der Waals surface area contributed by atoms with Crippen molar-refractivity contribution in [3.63, 3.8) is 0 Å². The monoisotopic (exact) mass is 384 g/mol. The highest BCUT2D eigenvalue weighted by Crippen LogP contribution is 2.24. The van der Waals surface area contributed by atoms with Crippen molar-refractivity contribution >= 4 is 27.6 Å². The van der Waals surface area contributed by atoms with Gasteiger partial charge in [0.15, 0.2) is 5.78 Å². The van der Waals surface area contributed by atoms with Crippen molar-refractivity contribution in [1.29, 1.82) is 0 Å². The molecule has 128 valence electrons. The largest absolute Gasteiger partial charge is 0.496 e. The lowest BCUT2D eigenvalue weighted by Crippen LogP contribution is -2.39. The third-order valence-corrected chi connectivity index (χ3v) is 4.16. The summed E-state index contributed by atoms with van der Waals surface area (Å²) < 4.78 is 6.01. The van der Waals surface area contributed by atoms with Gasteiger partial charge in [-0.15, -0.1) is 0 Å². The van der Waals surface area contributed by atoms with E-state index in [2.05, 4.69) is 15.9 Å². The van der Waals surface area contributed by atoms with Crippen molar-refractivity contribution in [2.75, 3.05) is 27.2 Å². The van der Waals surface area contributed by atoms with Crippen LogP contribution in [-0.2, 0) is 4.79 Å². The highest BCUT2D eigenvalue weighted by Gasteiger charge is 2.22. The summed E-state index contributed by atoms with van der Waals surface area (Å²) in [6, 6.07) is 5.26. The van der Waals surface area contributed by atoms with Crippen LogP contribution in [0.4, 0.5) is 0 Å². The maximum absolute atomic E-state index is 12.4. The van der Waals surface area contributed by atoms with Gasteiger partial charge in [0.2, 0.25) is 5.91 Å². The molecule has 1 rings (SSSR count). The average Bonchev–Trinajstić information content (AvgIpc) is 2.51. The number of hydrogen-bond donors (Lipinski definition) is 1. The second-order valence-corrected chi connectivity index (χ2v) is 7.30. The van der Waals surface area contributed by atoms with E-state index in [1.165, 1.54) is 7.11 Å². The number of ether oxygens (including phenoxy) is 1. The van der Waals surface area contributed by atoms with Crippen molar-refractivity contribution in [2.24, 2.45) is 11.1 Å². The normalized spacial score (nSPS) is 11.2. The van der Waals surface area contributed by atoms with Crippen LogP contribution in [0.3, 0.4) is 0 Å². The van der Waals surface area contributed by atoms with Gasteiger partial charge in [-0.25, -0.2) is 0 Å². The third kappa shape index (κ3) is 5.95. The summed E-state index contributed by atoms with van der Waals surface area (Å²) in [5.41, 5.74) is 6.04. The number of carbonyl (C=O) groups excluding carboxylic acids is 2. The number of halogens is 1. The highest BCUT2D eigenvalue weighted by molar-refractivity contribution is 9.10. The number of methoxy groups -OCH3 is 1. The predicted octanol–water partition coefficient (Wildman–Crippen LogP) is 2.86. The zero-order valence-electron chi connectivity index (χ0n) is 14.2. The molecule has 0 saturated carbocycles. The fourth-order valence-corrected chi connectivity index (χ4v) is 2.60. The molecule has 0 fully saturated rings. The van der Waals surface area contributed by atoms with E-state index in [0.717, 1.165) is 4.47 Å². The van der Waals surface area contributed by atoms with Gasteiger partial charge in [0.1, 0.15) is 5.75 Å². The SMILES string of the molecule is COc1ccc(Br)cc1C(=O)CCC(=O)N(C)CC(C)(C)CN. The molecule has 0 atom stereocenters. The molecule has 0 aliphatic heterocycles. The first kappa shape index (κ1) is 19.6. The molecule has 1 aromatic rings. The summed E-state index contributed by atoms with van der Waals surface area (Å²) >= 11 is 3.34. The number of benzene rings is 1. The van der Waals surface area contributed by atoms with Gasteiger partial charge in [0.05, 0.1) is 12.7 Å². The van der Waals surface area contributed by atoms with Crippen molar-refractivity contribution in [1.82, 2.24) is 4.90 Å². The highest BCUT2D eigenvalue weighted by atomic mass is 79.9. The number of Topliss-reactive ketones (excluding diaryl/α,β-unsaturated/α-hetero) is 1. The van der Waals surface area contributed by atoms with Gasteiger partial charge < -0.3 is 15.4 Å². The van der Waals surface area contributed by atoms with E-state index in [0.29, 0.717) is 24.4 Å². The quantitative estimate of drug-likeness (QED) is 0.699. The maximum Gasteiger partial charge on any atom is 0.222 e. The Hall–Kier alpha value is -1.40. The minimum atomic E-state index is -0.137. The fraction of sp³-hybridized carbons (Fsp3) is 0.529. The van der Waals surface area contributed by atoms with Crippen LogP contribution in [0, 0.1) is 5.41 Å². The Morgan fingerprint density at radius 3 is 2.52 bits per heavy atom. The number of rotatable bonds is 8. The molecule has 0 unspecified atom stereocenters. The molecule has 0 heterocycles. The third-order valence-electron chi connectivity index (χ3n) is 3.67. The van der Waals surface area contributed by atoms with Crippen LogP contribution < -0.4 is 10.5 Å². The Bertz CT molecular complexity index is 573. The Morgan fingerprint density at radius 1 is 1.30 bits per heavy atom. The van der Waals surface area contributed by atoms with Gasteiger partial charge in [-0.2, -0.15) is 0 Å². The molecule has 0 radical (unpaired) electrons. The number of amides is 1. The molecule has 0 bridgehead atoms. The number of carbonyl (C=O) groups is 2. The average molecular weight is 385 g/mol. The summed E-state index contributed by atoms with van der Waals surface area (Å²) in [7, 11) is 3.26. The Balaban J connectivity index is 2.66. The zero-order chi connectivity index (χ0) is 17.6. The van der Waals surface area contributed by atoms with Crippen LogP contribution in [-0.4, -0.2) is 43.8 Å². The van der Waals surface area contributed by atoms with Gasteiger partial charge in [0.25, 0.3) is 0 Å². The molecule has 6 heteroatoms. The standard InChI is InChI=1S/C17H25BrN2O3/c1-17(2,10-19)11-20(3)16(22)8-6-14(21)13-9-12(18)5-7-15(13)23-4/h5,7,9H,6,8,10-11,19H2,1-4H3. The van der Waals surface area contributed by atoms with E-state index < -0.39 is 0 Å². The van der Waals surface area contributed by atoms with Gasteiger partial charge in [-0.05, 0) is 30.2 Å². The summed E-state index contributed by atoms with van der Waals surface area (Å²) in [4.78, 5) is 26.2. The molecule has 1 aromatic carbocycles. The molecule has 23 heavy (non-hydrogen) atoms. The lowest BCUT2D eigenvalue weighted by atomic mass is 9.93. The van der Waals surface area contributed by atoms with Crippen LogP contribution in [0.2, 0.25) is 0 Å². The second-order valence-electron chi connectivity index (χ2n) is 6.39. The molecular weight excluding hydrogens is 360 g/mol. The van der Waals surface area contributed by atoms with Crippen molar-refractivity contribution < 1.29 is 14.3 Å². The lowest BCUT2D eigenvalue weighted by Gasteiger charge is -2.29. The lowest BCUT2D eigenvalue weighted by molar-refractivity contribution is -0.131. The van der Waals surface area contributed by atoms with Gasteiger partial charge in [-0.1, -0.05) is 29.8 Å². The molecule has 0 spiro atoms. The van der Waals surface area contributed by atoms with E-state index in [1.807, 2.05) is 19.9 Å². The molecule has 0 aliphatic rings. The van der Waals surface area contributed by atoms with E-state index in [9.17, 15) is 9.59 Å². The van der Waals surface area contributed by atoms with E-state index in [4.69, 9.17) is 10.5 Å². The number of hydrogen-bond acceptors (Lipinski definition) is 4. The zero-order valence-corrected chi connectivity index (χ0v) is 15.8. The van der Waals surface area contributed by atoms with Crippen LogP contribution in [0.15, 0.2) is 22.7 Å². The van der Waals surface area contributed by atoms with Crippen LogP contribution in [0.25, 0.3) is 0 Å². The minimum Gasteiger partial charge on any atom is -0.496 e. The summed E-state index contributed by atoms with van der Waals surface area (Å²) in [6.07, 6.45) is 0.324. The van der Waals surface area contributed by atoms with Crippen LogP contribution in [0.5, 0.6) is 5.75 Å². The van der Waals surface area contributed by atoms with Gasteiger partial charge in [0, 0.05) is 30.9 Å². The summed E-state index contributed by atoms with van der Waals surface area (Å²) in [6.45, 7) is 5.08. The number of ketones is 1. The minimum absolute atomic E-state index is 0.0613. The molecule has 0 saturated heterocycles. The predicted molar refractivity (Wildman–Crippen MR) is 94.7 cm³/mol. The first-order valence-corrected chi connectivity index (χ1v) is 8.30. The molecule has 0 aliphatic carbocycles. The van der Waals surface area contributed by atoms with Crippen molar-refractivity contribution in [3.05, 3.63) is 28.2 Å². The van der Waals surface area contributed by atoms with Crippen molar-refractivity contribution in [3.8, 4) is 5.75 Å².